The lowest BCUT2D eigenvalue weighted by Gasteiger charge is -2.38. The molecule has 1 heterocycles. The van der Waals surface area contributed by atoms with Gasteiger partial charge in [0, 0.05) is 25.6 Å². The number of halogens is 1. The van der Waals surface area contributed by atoms with Crippen molar-refractivity contribution in [3.05, 3.63) is 35.6 Å². The van der Waals surface area contributed by atoms with Gasteiger partial charge in [-0.2, -0.15) is 0 Å². The van der Waals surface area contributed by atoms with E-state index in [1.54, 1.807) is 6.07 Å². The first-order chi connectivity index (χ1) is 13.1. The van der Waals surface area contributed by atoms with Crippen molar-refractivity contribution < 1.29 is 14.0 Å². The summed E-state index contributed by atoms with van der Waals surface area (Å²) in [6, 6.07) is 6.54. The van der Waals surface area contributed by atoms with Crippen molar-refractivity contribution in [2.45, 2.75) is 63.7 Å². The highest BCUT2D eigenvalue weighted by atomic mass is 19.1. The Morgan fingerprint density at radius 3 is 2.56 bits per heavy atom. The van der Waals surface area contributed by atoms with Gasteiger partial charge in [-0.15, -0.1) is 0 Å². The lowest BCUT2D eigenvalue weighted by molar-refractivity contribution is -0.140. The third-order valence-corrected chi connectivity index (χ3v) is 6.23. The zero-order valence-electron chi connectivity index (χ0n) is 16.3. The summed E-state index contributed by atoms with van der Waals surface area (Å²) >= 11 is 0. The predicted octanol–water partition coefficient (Wildman–Crippen LogP) is 3.79. The highest BCUT2D eigenvalue weighted by Crippen LogP contribution is 2.43. The monoisotopic (exact) mass is 374 g/mol. The van der Waals surface area contributed by atoms with Gasteiger partial charge in [0.05, 0.1) is 5.41 Å². The first-order valence-corrected chi connectivity index (χ1v) is 10.4. The minimum Gasteiger partial charge on any atom is -0.356 e. The first kappa shape index (κ1) is 19.8. The van der Waals surface area contributed by atoms with Crippen LogP contribution in [0.2, 0.25) is 0 Å². The fourth-order valence-electron chi connectivity index (χ4n) is 4.57. The molecule has 1 saturated carbocycles. The van der Waals surface area contributed by atoms with Gasteiger partial charge in [0.2, 0.25) is 11.8 Å². The van der Waals surface area contributed by atoms with Gasteiger partial charge >= 0.3 is 0 Å². The Hall–Kier alpha value is -1.91. The van der Waals surface area contributed by atoms with Gasteiger partial charge in [0.15, 0.2) is 0 Å². The maximum Gasteiger partial charge on any atom is 0.233 e. The number of piperidine rings is 1. The molecule has 0 atom stereocenters. The summed E-state index contributed by atoms with van der Waals surface area (Å²) in [6.45, 7) is 4.06. The molecule has 3 rings (SSSR count). The molecule has 5 heteroatoms. The van der Waals surface area contributed by atoms with E-state index in [9.17, 15) is 14.0 Å². The normalized spacial score (nSPS) is 19.9. The van der Waals surface area contributed by atoms with Crippen molar-refractivity contribution in [3.63, 3.8) is 0 Å². The first-order valence-electron chi connectivity index (χ1n) is 10.4. The van der Waals surface area contributed by atoms with Crippen LogP contribution >= 0.6 is 0 Å². The minimum absolute atomic E-state index is 0.000367. The number of rotatable bonds is 6. The second kappa shape index (κ2) is 8.85. The van der Waals surface area contributed by atoms with Crippen LogP contribution in [0, 0.1) is 11.7 Å². The molecule has 1 N–H and O–H groups in total. The summed E-state index contributed by atoms with van der Waals surface area (Å²) in [4.78, 5) is 27.6. The number of nitrogens with zero attached hydrogens (tertiary/aromatic N) is 1. The number of hydrogen-bond acceptors (Lipinski definition) is 2. The van der Waals surface area contributed by atoms with Crippen LogP contribution in [0.15, 0.2) is 24.3 Å². The van der Waals surface area contributed by atoms with Gasteiger partial charge < -0.3 is 10.2 Å². The molecule has 0 unspecified atom stereocenters. The third-order valence-electron chi connectivity index (χ3n) is 6.23. The van der Waals surface area contributed by atoms with Crippen LogP contribution in [0.1, 0.15) is 63.9 Å². The molecule has 1 aliphatic carbocycles. The maximum atomic E-state index is 13.8. The largest absolute Gasteiger partial charge is 0.356 e. The Kier molecular flexibility index (Phi) is 6.51. The van der Waals surface area contributed by atoms with E-state index in [0.29, 0.717) is 25.9 Å². The van der Waals surface area contributed by atoms with E-state index < -0.39 is 5.41 Å². The zero-order chi connectivity index (χ0) is 19.3. The molecule has 1 aromatic carbocycles. The molecule has 27 heavy (non-hydrogen) atoms. The zero-order valence-corrected chi connectivity index (χ0v) is 16.3. The van der Waals surface area contributed by atoms with Gasteiger partial charge in [-0.25, -0.2) is 4.39 Å². The molecular weight excluding hydrogens is 343 g/mol. The summed E-state index contributed by atoms with van der Waals surface area (Å²) < 4.78 is 13.8. The van der Waals surface area contributed by atoms with Gasteiger partial charge in [-0.3, -0.25) is 9.59 Å². The Balaban J connectivity index is 1.64. The molecule has 148 valence electrons. The van der Waals surface area contributed by atoms with E-state index >= 15 is 0 Å². The second-order valence-electron chi connectivity index (χ2n) is 8.01. The van der Waals surface area contributed by atoms with Crippen LogP contribution < -0.4 is 5.32 Å². The van der Waals surface area contributed by atoms with Crippen LogP contribution in [-0.2, 0) is 15.0 Å². The molecule has 1 aliphatic heterocycles. The molecule has 2 fully saturated rings. The van der Waals surface area contributed by atoms with Crippen molar-refractivity contribution in [1.82, 2.24) is 10.2 Å². The number of carbonyl (C=O) groups is 2. The van der Waals surface area contributed by atoms with E-state index in [4.69, 9.17) is 0 Å². The van der Waals surface area contributed by atoms with Crippen LogP contribution in [0.3, 0.4) is 0 Å². The number of carbonyl (C=O) groups excluding carboxylic acids is 2. The molecule has 0 spiro atoms. The average Bonchev–Trinajstić information content (AvgIpc) is 3.19. The van der Waals surface area contributed by atoms with E-state index in [1.807, 2.05) is 11.0 Å². The highest BCUT2D eigenvalue weighted by molar-refractivity contribution is 5.89. The van der Waals surface area contributed by atoms with Crippen molar-refractivity contribution in [3.8, 4) is 0 Å². The summed E-state index contributed by atoms with van der Waals surface area (Å²) in [5.74, 6) is -0.0414. The van der Waals surface area contributed by atoms with Crippen molar-refractivity contribution in [2.24, 2.45) is 5.92 Å². The maximum absolute atomic E-state index is 13.8. The number of benzene rings is 1. The summed E-state index contributed by atoms with van der Waals surface area (Å²) in [6.07, 6.45) is 7.05. The number of unbranched alkanes of at least 4 members (excludes halogenated alkanes) is 1. The van der Waals surface area contributed by atoms with Crippen molar-refractivity contribution in [2.75, 3.05) is 19.6 Å². The SMILES string of the molecule is CCCCNC(=O)C1CCN(C(=O)C2(c3cccc(F)c3)CCCC2)CC1. The van der Waals surface area contributed by atoms with Gasteiger partial charge in [0.1, 0.15) is 5.82 Å². The molecule has 1 saturated heterocycles. The van der Waals surface area contributed by atoms with Crippen LogP contribution in [-0.4, -0.2) is 36.3 Å². The summed E-state index contributed by atoms with van der Waals surface area (Å²) in [5.41, 5.74) is 0.225. The van der Waals surface area contributed by atoms with E-state index in [-0.39, 0.29) is 23.5 Å². The highest BCUT2D eigenvalue weighted by Gasteiger charge is 2.45. The Bertz CT molecular complexity index is 662. The Labute approximate surface area is 161 Å². The summed E-state index contributed by atoms with van der Waals surface area (Å²) in [5, 5.41) is 3.01. The second-order valence-corrected chi connectivity index (χ2v) is 8.01. The molecule has 0 bridgehead atoms. The minimum atomic E-state index is -0.585. The number of amides is 2. The fourth-order valence-corrected chi connectivity index (χ4v) is 4.57. The molecule has 2 aliphatic rings. The predicted molar refractivity (Wildman–Crippen MR) is 104 cm³/mol. The van der Waals surface area contributed by atoms with E-state index in [2.05, 4.69) is 12.2 Å². The lowest BCUT2D eigenvalue weighted by Crippen LogP contribution is -2.50. The Morgan fingerprint density at radius 2 is 1.93 bits per heavy atom. The molecule has 2 amide bonds. The number of nitrogens with one attached hydrogen (secondary N) is 1. The van der Waals surface area contributed by atoms with Crippen LogP contribution in [0.5, 0.6) is 0 Å². The molecule has 0 aromatic heterocycles. The van der Waals surface area contributed by atoms with Gasteiger partial charge in [-0.05, 0) is 49.8 Å². The third kappa shape index (κ3) is 4.33. The number of likely N-dealkylation sites (tertiary alicyclic amines) is 1. The van der Waals surface area contributed by atoms with Crippen LogP contribution in [0.4, 0.5) is 4.39 Å². The Morgan fingerprint density at radius 1 is 1.22 bits per heavy atom. The lowest BCUT2D eigenvalue weighted by atomic mass is 9.77. The van der Waals surface area contributed by atoms with E-state index in [1.165, 1.54) is 12.1 Å². The average molecular weight is 375 g/mol. The quantitative estimate of drug-likeness (QED) is 0.770. The van der Waals surface area contributed by atoms with Crippen molar-refractivity contribution in [1.29, 1.82) is 0 Å². The van der Waals surface area contributed by atoms with Crippen molar-refractivity contribution >= 4 is 11.8 Å². The summed E-state index contributed by atoms with van der Waals surface area (Å²) in [7, 11) is 0. The van der Waals surface area contributed by atoms with Crippen LogP contribution in [0.25, 0.3) is 0 Å². The fraction of sp³-hybridized carbons (Fsp3) is 0.636. The topological polar surface area (TPSA) is 49.4 Å². The van der Waals surface area contributed by atoms with Gasteiger partial charge in [0.25, 0.3) is 0 Å². The van der Waals surface area contributed by atoms with Gasteiger partial charge in [-0.1, -0.05) is 38.3 Å². The molecular formula is C22H31FN2O2. The van der Waals surface area contributed by atoms with E-state index in [0.717, 1.165) is 50.6 Å². The smallest absolute Gasteiger partial charge is 0.233 e. The number of hydrogen-bond donors (Lipinski definition) is 1. The molecule has 4 nitrogen and oxygen atoms in total. The standard InChI is InChI=1S/C22H31FN2O2/c1-2-3-13-24-20(26)17-9-14-25(15-10-17)21(27)22(11-4-5-12-22)18-7-6-8-19(23)16-18/h6-8,16-17H,2-5,9-15H2,1H3,(H,24,26). The molecule has 0 radical (unpaired) electrons. The molecule has 1 aromatic rings.